The first kappa shape index (κ1) is 43.0. The Balaban J connectivity index is 1.62. The van der Waals surface area contributed by atoms with Crippen LogP contribution in [0.15, 0.2) is 0 Å². The Morgan fingerprint density at radius 2 is 0.923 bits per heavy atom. The molecule has 4 aliphatic heterocycles. The molecule has 4 fully saturated rings. The highest BCUT2D eigenvalue weighted by Gasteiger charge is 2.57. The maximum atomic E-state index is 12.0. The van der Waals surface area contributed by atoms with Gasteiger partial charge in [-0.2, -0.15) is 0 Å². The van der Waals surface area contributed by atoms with Gasteiger partial charge < -0.3 is 110 Å². The first-order valence-corrected chi connectivity index (χ1v) is 16.1. The summed E-state index contributed by atoms with van der Waals surface area (Å²) < 4.78 is 38.4. The van der Waals surface area contributed by atoms with Crippen LogP contribution in [0.5, 0.6) is 0 Å². The van der Waals surface area contributed by atoms with Gasteiger partial charge in [0.05, 0.1) is 32.5 Å². The third kappa shape index (κ3) is 8.88. The van der Waals surface area contributed by atoms with Gasteiger partial charge >= 0.3 is 5.97 Å². The predicted molar refractivity (Wildman–Crippen MR) is 155 cm³/mol. The normalized spacial score (nSPS) is 46.8. The number of carboxylic acid groups (broad SMARTS) is 1. The molecule has 4 aliphatic rings. The molecule has 0 unspecified atom stereocenters. The number of aliphatic carboxylic acids is 1. The van der Waals surface area contributed by atoms with E-state index < -0.39 is 173 Å². The Bertz CT molecular complexity index is 1160. The van der Waals surface area contributed by atoms with Gasteiger partial charge in [-0.1, -0.05) is 0 Å². The fourth-order valence-electron chi connectivity index (χ4n) is 6.32. The summed E-state index contributed by atoms with van der Waals surface area (Å²) in [7, 11) is 0. The van der Waals surface area contributed by atoms with Crippen LogP contribution in [-0.2, 0) is 42.7 Å². The molecule has 0 aromatic carbocycles. The fraction of sp³-hybridized carbons (Fsp3) is 0.929. The summed E-state index contributed by atoms with van der Waals surface area (Å²) in [5.74, 6) is -3.25. The van der Waals surface area contributed by atoms with Crippen molar-refractivity contribution in [2.45, 2.75) is 135 Å². The summed E-state index contributed by atoms with van der Waals surface area (Å²) in [5.41, 5.74) is 0. The Labute approximate surface area is 293 Å². The molecule has 0 aliphatic carbocycles. The summed E-state index contributed by atoms with van der Waals surface area (Å²) in [6.07, 6.45) is -41.4. The molecule has 21 atom stereocenters. The van der Waals surface area contributed by atoms with Crippen LogP contribution in [0, 0.1) is 0 Å². The minimum atomic E-state index is -2.23. The Morgan fingerprint density at radius 1 is 0.500 bits per heavy atom. The Morgan fingerprint density at radius 3 is 1.35 bits per heavy atom. The standard InChI is InChI=1S/C28H46O24/c29-2-7(34)20-17(41)24(18(42)27(48-20)50-22-9(1-6(33)25(44)45)46-11(5-32)13(22)37)52-28-19(43)23(16(40)21(49-28)8(35)3-30)51-26-15(39)14(38)12(36)10(4-31)47-26/h7-24,26-32,34-43H,1-5H2,(H,44,45)/t7-,8-,9-,10+,11+,12+,13+,14-,15+,16+,17+,18-,19-,20+,21+,22+,23-,24-,26+,27+,28+/m0/s1. The zero-order valence-electron chi connectivity index (χ0n) is 27.0. The first-order valence-electron chi connectivity index (χ1n) is 16.1. The fourth-order valence-corrected chi connectivity index (χ4v) is 6.32. The summed E-state index contributed by atoms with van der Waals surface area (Å²) >= 11 is 0. The van der Waals surface area contributed by atoms with Crippen molar-refractivity contribution in [3.05, 3.63) is 0 Å². The lowest BCUT2D eigenvalue weighted by Crippen LogP contribution is -2.68. The van der Waals surface area contributed by atoms with Crippen LogP contribution in [0.25, 0.3) is 0 Å². The summed E-state index contributed by atoms with van der Waals surface area (Å²) in [4.78, 5) is 23.1. The number of hydrogen-bond acceptors (Lipinski definition) is 23. The van der Waals surface area contributed by atoms with E-state index in [1.54, 1.807) is 0 Å². The number of aliphatic hydroxyl groups is 14. The zero-order valence-corrected chi connectivity index (χ0v) is 27.0. The molecule has 24 heteroatoms. The lowest BCUT2D eigenvalue weighted by atomic mass is 9.93. The van der Waals surface area contributed by atoms with Gasteiger partial charge in [-0.25, -0.2) is 4.79 Å². The lowest BCUT2D eigenvalue weighted by Gasteiger charge is -2.49. The molecule has 4 saturated heterocycles. The molecule has 24 nitrogen and oxygen atoms in total. The highest BCUT2D eigenvalue weighted by molar-refractivity contribution is 6.32. The van der Waals surface area contributed by atoms with Gasteiger partial charge in [-0.05, 0) is 0 Å². The average Bonchev–Trinajstić information content (AvgIpc) is 3.42. The van der Waals surface area contributed by atoms with E-state index in [-0.39, 0.29) is 0 Å². The van der Waals surface area contributed by atoms with Gasteiger partial charge in [0.15, 0.2) is 18.9 Å². The van der Waals surface area contributed by atoms with E-state index in [0.717, 1.165) is 0 Å². The second kappa shape index (κ2) is 18.3. The van der Waals surface area contributed by atoms with Crippen LogP contribution in [0.2, 0.25) is 0 Å². The van der Waals surface area contributed by atoms with Crippen LogP contribution in [0.4, 0.5) is 0 Å². The van der Waals surface area contributed by atoms with Crippen molar-refractivity contribution in [1.29, 1.82) is 0 Å². The summed E-state index contributed by atoms with van der Waals surface area (Å²) in [6, 6.07) is 0. The SMILES string of the molecule is O=C(O)C(=O)C[C@@H]1O[C@H](CO)[C@@H](O)[C@@H]1O[C@H]1O[C@H]([C@@H](O)CO)[C@@H](O)[C@H](O[C@H]2O[C@H]([C@@H](O)CO)[C@@H](O)[C@H](O[C@H]3O[C@H](CO)[C@@H](O)[C@H](O)[C@H]3O)[C@@H]2O)[C@@H]1O. The predicted octanol–water partition coefficient (Wildman–Crippen LogP) is -10.3. The van der Waals surface area contributed by atoms with Crippen LogP contribution in [0.1, 0.15) is 6.42 Å². The van der Waals surface area contributed by atoms with Crippen LogP contribution < -0.4 is 0 Å². The molecule has 0 radical (unpaired) electrons. The van der Waals surface area contributed by atoms with Gasteiger partial charge in [-0.3, -0.25) is 4.79 Å². The molecule has 0 aromatic heterocycles. The number of rotatable bonds is 15. The van der Waals surface area contributed by atoms with Crippen molar-refractivity contribution < 1.29 is 119 Å². The van der Waals surface area contributed by atoms with Gasteiger partial charge in [0, 0.05) is 6.42 Å². The number of hydrogen-bond donors (Lipinski definition) is 15. The smallest absolute Gasteiger partial charge is 0.372 e. The molecule has 0 aromatic rings. The van der Waals surface area contributed by atoms with E-state index in [2.05, 4.69) is 0 Å². The highest BCUT2D eigenvalue weighted by Crippen LogP contribution is 2.36. The third-order valence-electron chi connectivity index (χ3n) is 9.25. The van der Waals surface area contributed by atoms with E-state index in [1.807, 2.05) is 0 Å². The summed E-state index contributed by atoms with van der Waals surface area (Å²) in [6.45, 7) is -3.85. The molecule has 52 heavy (non-hydrogen) atoms. The maximum Gasteiger partial charge on any atom is 0.372 e. The lowest BCUT2D eigenvalue weighted by molar-refractivity contribution is -0.389. The van der Waals surface area contributed by atoms with E-state index in [0.29, 0.717) is 0 Å². The molecular weight excluding hydrogens is 720 g/mol. The van der Waals surface area contributed by atoms with Crippen LogP contribution in [0.3, 0.4) is 0 Å². The van der Waals surface area contributed by atoms with E-state index in [9.17, 15) is 81.1 Å². The Kier molecular flexibility index (Phi) is 15.1. The monoisotopic (exact) mass is 766 g/mol. The van der Waals surface area contributed by atoms with Crippen molar-refractivity contribution in [3.8, 4) is 0 Å². The van der Waals surface area contributed by atoms with E-state index in [4.69, 9.17) is 38.3 Å². The van der Waals surface area contributed by atoms with Crippen molar-refractivity contribution >= 4 is 11.8 Å². The molecule has 4 rings (SSSR count). The van der Waals surface area contributed by atoms with Gasteiger partial charge in [0.25, 0.3) is 0 Å². The number of ketones is 1. The quantitative estimate of drug-likeness (QED) is 0.0688. The van der Waals surface area contributed by atoms with Gasteiger partial charge in [0.1, 0.15) is 104 Å². The molecule has 15 N–H and O–H groups in total. The van der Waals surface area contributed by atoms with Crippen LogP contribution >= 0.6 is 0 Å². The van der Waals surface area contributed by atoms with Crippen molar-refractivity contribution in [1.82, 2.24) is 0 Å². The molecule has 4 heterocycles. The van der Waals surface area contributed by atoms with E-state index >= 15 is 0 Å². The van der Waals surface area contributed by atoms with Crippen molar-refractivity contribution in [2.24, 2.45) is 0 Å². The molecule has 0 amide bonds. The Hall–Kier alpha value is -1.70. The topological polar surface area (TPSA) is 402 Å². The first-order chi connectivity index (χ1) is 24.5. The molecule has 0 bridgehead atoms. The van der Waals surface area contributed by atoms with Crippen LogP contribution in [-0.4, -0.2) is 244 Å². The largest absolute Gasteiger partial charge is 0.475 e. The number of Topliss-reactive ketones (excluding diaryl/α,β-unsaturated/α-hetero) is 1. The number of carboxylic acids is 1. The van der Waals surface area contributed by atoms with E-state index in [1.165, 1.54) is 0 Å². The summed E-state index contributed by atoms with van der Waals surface area (Å²) in [5, 5.41) is 154. The number of ether oxygens (including phenoxy) is 7. The minimum Gasteiger partial charge on any atom is -0.475 e. The van der Waals surface area contributed by atoms with Gasteiger partial charge in [-0.15, -0.1) is 0 Å². The molecule has 0 spiro atoms. The number of carbonyl (C=O) groups is 2. The molecule has 302 valence electrons. The van der Waals surface area contributed by atoms with Crippen molar-refractivity contribution in [2.75, 3.05) is 26.4 Å². The number of carbonyl (C=O) groups excluding carboxylic acids is 1. The molecular formula is C28H46O24. The second-order valence-corrected chi connectivity index (χ2v) is 12.7. The third-order valence-corrected chi connectivity index (χ3v) is 9.25. The molecule has 0 saturated carbocycles. The zero-order chi connectivity index (χ0) is 38.8. The number of aliphatic hydroxyl groups excluding tert-OH is 14. The van der Waals surface area contributed by atoms with Crippen molar-refractivity contribution in [3.63, 3.8) is 0 Å². The van der Waals surface area contributed by atoms with Gasteiger partial charge in [0.2, 0.25) is 5.78 Å². The second-order valence-electron chi connectivity index (χ2n) is 12.7. The highest BCUT2D eigenvalue weighted by atomic mass is 16.8. The maximum absolute atomic E-state index is 12.0. The minimum absolute atomic E-state index is 0.834. The average molecular weight is 767 g/mol.